The summed E-state index contributed by atoms with van der Waals surface area (Å²) in [4.78, 5) is 21.9. The molecular formula is C24H20N2O4. The summed E-state index contributed by atoms with van der Waals surface area (Å²) >= 11 is 0. The summed E-state index contributed by atoms with van der Waals surface area (Å²) in [5, 5.41) is 22.6. The molecule has 0 bridgehead atoms. The van der Waals surface area contributed by atoms with Gasteiger partial charge in [0, 0.05) is 35.1 Å². The van der Waals surface area contributed by atoms with Gasteiger partial charge < -0.3 is 0 Å². The summed E-state index contributed by atoms with van der Waals surface area (Å²) in [7, 11) is 0. The molecule has 0 unspecified atom stereocenters. The van der Waals surface area contributed by atoms with Crippen molar-refractivity contribution in [3.63, 3.8) is 0 Å². The summed E-state index contributed by atoms with van der Waals surface area (Å²) in [5.41, 5.74) is 7.80. The van der Waals surface area contributed by atoms with E-state index >= 15 is 0 Å². The lowest BCUT2D eigenvalue weighted by molar-refractivity contribution is -0.385. The van der Waals surface area contributed by atoms with Crippen molar-refractivity contribution in [3.8, 4) is 22.3 Å². The zero-order valence-electron chi connectivity index (χ0n) is 17.1. The third-order valence-corrected chi connectivity index (χ3v) is 6.86. The summed E-state index contributed by atoms with van der Waals surface area (Å²) in [6, 6.07) is 14.5. The Morgan fingerprint density at radius 2 is 0.900 bits per heavy atom. The van der Waals surface area contributed by atoms with Crippen LogP contribution in [0.3, 0.4) is 0 Å². The van der Waals surface area contributed by atoms with E-state index in [2.05, 4.69) is 39.8 Å². The quantitative estimate of drug-likeness (QED) is 0.383. The van der Waals surface area contributed by atoms with Crippen molar-refractivity contribution >= 4 is 11.4 Å². The van der Waals surface area contributed by atoms with Crippen LogP contribution in [0.2, 0.25) is 0 Å². The third-order valence-electron chi connectivity index (χ3n) is 6.86. The maximum atomic E-state index is 11.3. The van der Waals surface area contributed by atoms with Crippen LogP contribution in [0, 0.1) is 20.2 Å². The molecule has 2 aliphatic carbocycles. The molecule has 0 saturated heterocycles. The number of hydrogen-bond donors (Lipinski definition) is 0. The second-order valence-electron chi connectivity index (χ2n) is 9.17. The fraction of sp³-hybridized carbons (Fsp3) is 0.250. The molecule has 0 aliphatic heterocycles. The Balaban J connectivity index is 1.77. The monoisotopic (exact) mass is 400 g/mol. The lowest BCUT2D eigenvalue weighted by atomic mass is 9.79. The van der Waals surface area contributed by atoms with Crippen LogP contribution < -0.4 is 0 Å². The Labute approximate surface area is 173 Å². The largest absolute Gasteiger partial charge is 0.269 e. The fourth-order valence-electron chi connectivity index (χ4n) is 5.17. The first-order valence-corrected chi connectivity index (χ1v) is 9.81. The lowest BCUT2D eigenvalue weighted by Gasteiger charge is -2.24. The Kier molecular flexibility index (Phi) is 3.41. The number of fused-ring (bicyclic) bond motifs is 6. The van der Waals surface area contributed by atoms with Crippen molar-refractivity contribution in [1.82, 2.24) is 0 Å². The van der Waals surface area contributed by atoms with E-state index in [4.69, 9.17) is 0 Å². The highest BCUT2D eigenvalue weighted by Gasteiger charge is 2.42. The lowest BCUT2D eigenvalue weighted by Crippen LogP contribution is -2.17. The highest BCUT2D eigenvalue weighted by molar-refractivity contribution is 5.90. The number of hydrogen-bond acceptors (Lipinski definition) is 4. The Hall–Kier alpha value is -3.54. The van der Waals surface area contributed by atoms with E-state index in [0.29, 0.717) is 0 Å². The summed E-state index contributed by atoms with van der Waals surface area (Å²) < 4.78 is 0. The van der Waals surface area contributed by atoms with E-state index in [1.165, 1.54) is 0 Å². The van der Waals surface area contributed by atoms with Crippen molar-refractivity contribution in [1.29, 1.82) is 0 Å². The number of nitro groups is 2. The number of non-ortho nitro benzene ring substituents is 2. The minimum absolute atomic E-state index is 0.0974. The predicted molar refractivity (Wildman–Crippen MR) is 115 cm³/mol. The molecule has 0 N–H and O–H groups in total. The van der Waals surface area contributed by atoms with Crippen molar-refractivity contribution in [2.45, 2.75) is 38.5 Å². The molecule has 150 valence electrons. The molecule has 0 amide bonds. The van der Waals surface area contributed by atoms with Gasteiger partial charge in [0.05, 0.1) is 9.85 Å². The summed E-state index contributed by atoms with van der Waals surface area (Å²) in [6.45, 7) is 8.35. The maximum Gasteiger partial charge on any atom is 0.269 e. The van der Waals surface area contributed by atoms with Gasteiger partial charge in [0.1, 0.15) is 0 Å². The smallest absolute Gasteiger partial charge is 0.258 e. The van der Waals surface area contributed by atoms with Gasteiger partial charge in [0.2, 0.25) is 0 Å². The SMILES string of the molecule is CC1(C)c2cc([N+](=O)[O-])ccc2-c2cc3c(cc21)-c1ccc([N+](=O)[O-])cc1C3(C)C. The van der Waals surface area contributed by atoms with Gasteiger partial charge >= 0.3 is 0 Å². The number of benzene rings is 3. The minimum Gasteiger partial charge on any atom is -0.258 e. The van der Waals surface area contributed by atoms with Gasteiger partial charge in [-0.05, 0) is 68.8 Å². The van der Waals surface area contributed by atoms with Gasteiger partial charge in [0.15, 0.2) is 0 Å². The van der Waals surface area contributed by atoms with Gasteiger partial charge in [-0.25, -0.2) is 0 Å². The van der Waals surface area contributed by atoms with Gasteiger partial charge in [-0.2, -0.15) is 0 Å². The number of nitro benzene ring substituents is 2. The van der Waals surface area contributed by atoms with Crippen LogP contribution >= 0.6 is 0 Å². The molecule has 3 aromatic rings. The molecule has 0 spiro atoms. The van der Waals surface area contributed by atoms with E-state index in [9.17, 15) is 20.2 Å². The molecule has 2 aliphatic rings. The highest BCUT2D eigenvalue weighted by Crippen LogP contribution is 2.56. The van der Waals surface area contributed by atoms with Crippen LogP contribution in [-0.4, -0.2) is 9.85 Å². The minimum atomic E-state index is -0.376. The van der Waals surface area contributed by atoms with Crippen molar-refractivity contribution < 1.29 is 9.85 Å². The first-order valence-electron chi connectivity index (χ1n) is 9.81. The average molecular weight is 400 g/mol. The van der Waals surface area contributed by atoms with Gasteiger partial charge in [-0.3, -0.25) is 20.2 Å². The fourth-order valence-corrected chi connectivity index (χ4v) is 5.17. The molecule has 30 heavy (non-hydrogen) atoms. The molecule has 6 nitrogen and oxygen atoms in total. The van der Waals surface area contributed by atoms with Crippen LogP contribution in [0.5, 0.6) is 0 Å². The first kappa shape index (κ1) is 18.5. The summed E-state index contributed by atoms with van der Waals surface area (Å²) in [6.07, 6.45) is 0. The van der Waals surface area contributed by atoms with Gasteiger partial charge in [-0.15, -0.1) is 0 Å². The van der Waals surface area contributed by atoms with E-state index < -0.39 is 0 Å². The third kappa shape index (κ3) is 2.19. The van der Waals surface area contributed by atoms with Crippen molar-refractivity contribution in [2.24, 2.45) is 0 Å². The van der Waals surface area contributed by atoms with Crippen molar-refractivity contribution in [2.75, 3.05) is 0 Å². The average Bonchev–Trinajstić information content (AvgIpc) is 3.06. The molecule has 0 atom stereocenters. The maximum absolute atomic E-state index is 11.3. The molecule has 0 aromatic heterocycles. The van der Waals surface area contributed by atoms with E-state index in [1.807, 2.05) is 12.1 Å². The van der Waals surface area contributed by atoms with Crippen LogP contribution in [0.15, 0.2) is 48.5 Å². The Morgan fingerprint density at radius 3 is 1.23 bits per heavy atom. The molecule has 0 saturated carbocycles. The molecular weight excluding hydrogens is 380 g/mol. The van der Waals surface area contributed by atoms with E-state index in [-0.39, 0.29) is 32.1 Å². The number of rotatable bonds is 2. The molecule has 5 rings (SSSR count). The molecule has 6 heteroatoms. The molecule has 0 fully saturated rings. The Bertz CT molecular complexity index is 1200. The van der Waals surface area contributed by atoms with Crippen LogP contribution in [-0.2, 0) is 10.8 Å². The van der Waals surface area contributed by atoms with Crippen LogP contribution in [0.25, 0.3) is 22.3 Å². The standard InChI is InChI=1S/C24H20N2O4/c1-23(2)19-9-13(25(27)28)5-7-15(19)17-12-22-18(11-21(17)23)16-8-6-14(26(29)30)10-20(16)24(22,3)4/h5-12H,1-4H3. The highest BCUT2D eigenvalue weighted by atomic mass is 16.6. The zero-order valence-corrected chi connectivity index (χ0v) is 17.1. The topological polar surface area (TPSA) is 86.3 Å². The normalized spacial score (nSPS) is 16.4. The second kappa shape index (κ2) is 5.53. The molecule has 0 heterocycles. The predicted octanol–water partition coefficient (Wildman–Crippen LogP) is 6.12. The Morgan fingerprint density at radius 1 is 0.567 bits per heavy atom. The van der Waals surface area contributed by atoms with Crippen LogP contribution in [0.4, 0.5) is 11.4 Å². The summed E-state index contributed by atoms with van der Waals surface area (Å²) in [5.74, 6) is 0. The van der Waals surface area contributed by atoms with E-state index in [1.54, 1.807) is 24.3 Å². The van der Waals surface area contributed by atoms with Gasteiger partial charge in [0.25, 0.3) is 11.4 Å². The van der Waals surface area contributed by atoms with Gasteiger partial charge in [-0.1, -0.05) is 27.7 Å². The number of nitrogens with zero attached hydrogens (tertiary/aromatic N) is 2. The molecule has 0 radical (unpaired) electrons. The second-order valence-corrected chi connectivity index (χ2v) is 9.17. The zero-order chi connectivity index (χ0) is 21.6. The molecule has 3 aromatic carbocycles. The first-order chi connectivity index (χ1) is 14.0. The van der Waals surface area contributed by atoms with E-state index in [0.717, 1.165) is 44.5 Å². The van der Waals surface area contributed by atoms with Crippen LogP contribution in [0.1, 0.15) is 49.9 Å². The van der Waals surface area contributed by atoms with Crippen molar-refractivity contribution in [3.05, 3.63) is 91.0 Å².